The van der Waals surface area contributed by atoms with Crippen molar-refractivity contribution in [1.82, 2.24) is 10.3 Å². The summed E-state index contributed by atoms with van der Waals surface area (Å²) in [6, 6.07) is 5.21. The Morgan fingerprint density at radius 3 is 2.72 bits per heavy atom. The zero-order chi connectivity index (χ0) is 13.3. The van der Waals surface area contributed by atoms with Crippen LogP contribution in [-0.2, 0) is 0 Å². The van der Waals surface area contributed by atoms with Crippen molar-refractivity contribution >= 4 is 40.4 Å². The quantitative estimate of drug-likeness (QED) is 0.917. The molecule has 2 rings (SSSR count). The number of hydrogen-bond acceptors (Lipinski definition) is 3. The van der Waals surface area contributed by atoms with Crippen molar-refractivity contribution < 1.29 is 4.79 Å². The number of carbonyl (C=O) groups excluding carboxylic acids is 1. The first-order valence-electron chi connectivity index (χ1n) is 5.18. The number of amides is 1. The molecule has 0 atom stereocenters. The third-order valence-corrected chi connectivity index (χ3v) is 4.13. The first-order valence-corrected chi connectivity index (χ1v) is 6.75. The highest BCUT2D eigenvalue weighted by atomic mass is 35.5. The van der Waals surface area contributed by atoms with Crippen molar-refractivity contribution in [1.29, 1.82) is 0 Å². The highest BCUT2D eigenvalue weighted by molar-refractivity contribution is 7.17. The van der Waals surface area contributed by atoms with Crippen LogP contribution in [-0.4, -0.2) is 17.9 Å². The second kappa shape index (κ2) is 5.26. The van der Waals surface area contributed by atoms with E-state index in [2.05, 4.69) is 10.3 Å². The number of aromatic nitrogens is 1. The topological polar surface area (TPSA) is 42.0 Å². The number of nitrogens with zero attached hydrogens (tertiary/aromatic N) is 1. The molecular weight excluding hydrogens is 291 g/mol. The van der Waals surface area contributed by atoms with Crippen LogP contribution in [0, 0.1) is 6.92 Å². The lowest BCUT2D eigenvalue weighted by molar-refractivity contribution is 0.0966. The minimum absolute atomic E-state index is 0.138. The molecule has 0 spiro atoms. The lowest BCUT2D eigenvalue weighted by Crippen LogP contribution is -2.17. The van der Waals surface area contributed by atoms with Crippen LogP contribution in [0.5, 0.6) is 0 Å². The van der Waals surface area contributed by atoms with Gasteiger partial charge in [-0.15, -0.1) is 11.3 Å². The second-order valence-corrected chi connectivity index (χ2v) is 5.48. The highest BCUT2D eigenvalue weighted by Gasteiger charge is 2.16. The molecule has 1 aromatic carbocycles. The number of halogens is 2. The zero-order valence-electron chi connectivity index (χ0n) is 9.75. The molecule has 0 unspecified atom stereocenters. The number of thiazole rings is 1. The van der Waals surface area contributed by atoms with E-state index < -0.39 is 0 Å². The summed E-state index contributed by atoms with van der Waals surface area (Å²) in [7, 11) is 1.59. The molecule has 3 nitrogen and oxygen atoms in total. The van der Waals surface area contributed by atoms with Gasteiger partial charge in [-0.25, -0.2) is 4.98 Å². The summed E-state index contributed by atoms with van der Waals surface area (Å²) in [6.45, 7) is 1.80. The molecule has 0 saturated carbocycles. The van der Waals surface area contributed by atoms with E-state index in [1.807, 2.05) is 0 Å². The summed E-state index contributed by atoms with van der Waals surface area (Å²) in [5.74, 6) is -0.138. The van der Waals surface area contributed by atoms with Gasteiger partial charge in [-0.1, -0.05) is 23.2 Å². The van der Waals surface area contributed by atoms with Gasteiger partial charge in [0.15, 0.2) is 0 Å². The fourth-order valence-electron chi connectivity index (χ4n) is 1.50. The van der Waals surface area contributed by atoms with Crippen LogP contribution < -0.4 is 5.32 Å². The van der Waals surface area contributed by atoms with Gasteiger partial charge in [-0.3, -0.25) is 4.79 Å². The van der Waals surface area contributed by atoms with Crippen LogP contribution in [0.4, 0.5) is 0 Å². The molecule has 1 aromatic heterocycles. The van der Waals surface area contributed by atoms with Crippen LogP contribution >= 0.6 is 34.5 Å². The van der Waals surface area contributed by atoms with Crippen LogP contribution in [0.2, 0.25) is 10.0 Å². The molecule has 2 aromatic rings. The van der Waals surface area contributed by atoms with Gasteiger partial charge in [-0.2, -0.15) is 0 Å². The van der Waals surface area contributed by atoms with Crippen molar-refractivity contribution in [3.63, 3.8) is 0 Å². The van der Waals surface area contributed by atoms with Gasteiger partial charge < -0.3 is 5.32 Å². The zero-order valence-corrected chi connectivity index (χ0v) is 12.1. The number of hydrogen-bond donors (Lipinski definition) is 1. The maximum atomic E-state index is 11.6. The summed E-state index contributed by atoms with van der Waals surface area (Å²) in [5, 5.41) is 4.40. The van der Waals surface area contributed by atoms with Crippen molar-refractivity contribution in [3.8, 4) is 10.6 Å². The summed E-state index contributed by atoms with van der Waals surface area (Å²) in [4.78, 5) is 16.6. The number of rotatable bonds is 2. The fraction of sp³-hybridized carbons (Fsp3) is 0.167. The van der Waals surface area contributed by atoms with Gasteiger partial charge in [0, 0.05) is 17.6 Å². The van der Waals surface area contributed by atoms with Gasteiger partial charge >= 0.3 is 0 Å². The predicted octanol–water partition coefficient (Wildman–Crippen LogP) is 3.78. The molecule has 0 fully saturated rings. The molecule has 1 amide bonds. The van der Waals surface area contributed by atoms with Gasteiger partial charge in [0.1, 0.15) is 9.88 Å². The number of nitrogens with one attached hydrogen (secondary N) is 1. The third kappa shape index (κ3) is 2.51. The average molecular weight is 301 g/mol. The SMILES string of the molecule is CNC(=O)c1sc(-c2ccc(Cl)cc2Cl)nc1C. The van der Waals surface area contributed by atoms with Gasteiger partial charge in [0.05, 0.1) is 10.7 Å². The van der Waals surface area contributed by atoms with Crippen LogP contribution in [0.25, 0.3) is 10.6 Å². The molecular formula is C12H10Cl2N2OS. The Bertz CT molecular complexity index is 610. The van der Waals surface area contributed by atoms with E-state index in [0.29, 0.717) is 25.6 Å². The second-order valence-electron chi connectivity index (χ2n) is 3.64. The minimum atomic E-state index is -0.138. The summed E-state index contributed by atoms with van der Waals surface area (Å²) in [5.41, 5.74) is 1.48. The first kappa shape index (κ1) is 13.3. The molecule has 18 heavy (non-hydrogen) atoms. The standard InChI is InChI=1S/C12H10Cl2N2OS/c1-6-10(11(17)15-2)18-12(16-6)8-4-3-7(13)5-9(8)14/h3-5H,1-2H3,(H,15,17). The van der Waals surface area contributed by atoms with E-state index in [4.69, 9.17) is 23.2 Å². The Morgan fingerprint density at radius 1 is 1.39 bits per heavy atom. The Kier molecular flexibility index (Phi) is 3.90. The van der Waals surface area contributed by atoms with Crippen LogP contribution in [0.15, 0.2) is 18.2 Å². The Hall–Kier alpha value is -1.10. The third-order valence-electron chi connectivity index (χ3n) is 2.39. The average Bonchev–Trinajstić information content (AvgIpc) is 2.70. The van der Waals surface area contributed by atoms with Crippen molar-refractivity contribution in [2.45, 2.75) is 6.92 Å². The lowest BCUT2D eigenvalue weighted by Gasteiger charge is -2.00. The number of benzene rings is 1. The Morgan fingerprint density at radius 2 is 2.11 bits per heavy atom. The first-order chi connectivity index (χ1) is 8.52. The monoisotopic (exact) mass is 300 g/mol. The van der Waals surface area contributed by atoms with E-state index >= 15 is 0 Å². The van der Waals surface area contributed by atoms with E-state index in [1.54, 1.807) is 32.2 Å². The van der Waals surface area contributed by atoms with Crippen molar-refractivity contribution in [2.75, 3.05) is 7.05 Å². The Labute approximate surface area is 119 Å². The van der Waals surface area contributed by atoms with E-state index in [0.717, 1.165) is 5.56 Å². The van der Waals surface area contributed by atoms with E-state index in [-0.39, 0.29) is 5.91 Å². The Balaban J connectivity index is 2.49. The maximum absolute atomic E-state index is 11.6. The smallest absolute Gasteiger partial charge is 0.263 e. The van der Waals surface area contributed by atoms with E-state index in [1.165, 1.54) is 11.3 Å². The van der Waals surface area contributed by atoms with Gasteiger partial charge in [0.2, 0.25) is 0 Å². The summed E-state index contributed by atoms with van der Waals surface area (Å²) in [6.07, 6.45) is 0. The largest absolute Gasteiger partial charge is 0.354 e. The molecule has 0 radical (unpaired) electrons. The minimum Gasteiger partial charge on any atom is -0.354 e. The summed E-state index contributed by atoms with van der Waals surface area (Å²) < 4.78 is 0. The predicted molar refractivity (Wildman–Crippen MR) is 75.7 cm³/mol. The van der Waals surface area contributed by atoms with Crippen LogP contribution in [0.1, 0.15) is 15.4 Å². The molecule has 6 heteroatoms. The van der Waals surface area contributed by atoms with Crippen LogP contribution in [0.3, 0.4) is 0 Å². The van der Waals surface area contributed by atoms with Gasteiger partial charge in [0.25, 0.3) is 5.91 Å². The number of carbonyl (C=O) groups is 1. The fourth-order valence-corrected chi connectivity index (χ4v) is 3.10. The molecule has 94 valence electrons. The summed E-state index contributed by atoms with van der Waals surface area (Å²) >= 11 is 13.3. The molecule has 1 N–H and O–H groups in total. The number of aryl methyl sites for hydroxylation is 1. The molecule has 1 heterocycles. The normalized spacial score (nSPS) is 10.4. The molecule has 0 bridgehead atoms. The molecule has 0 aliphatic heterocycles. The highest BCUT2D eigenvalue weighted by Crippen LogP contribution is 2.34. The lowest BCUT2D eigenvalue weighted by atomic mass is 10.2. The van der Waals surface area contributed by atoms with Crippen molar-refractivity contribution in [3.05, 3.63) is 38.8 Å². The molecule has 0 aliphatic carbocycles. The van der Waals surface area contributed by atoms with E-state index in [9.17, 15) is 4.79 Å². The van der Waals surface area contributed by atoms with Crippen molar-refractivity contribution in [2.24, 2.45) is 0 Å². The maximum Gasteiger partial charge on any atom is 0.263 e. The molecule has 0 aliphatic rings. The molecule has 0 saturated heterocycles. The van der Waals surface area contributed by atoms with Gasteiger partial charge in [-0.05, 0) is 25.1 Å².